The number of hydrogen-bond acceptors (Lipinski definition) is 11. The van der Waals surface area contributed by atoms with E-state index in [2.05, 4.69) is 32.2 Å². The minimum absolute atomic E-state index is 0.0128. The molecule has 1 amide bonds. The van der Waals surface area contributed by atoms with Crippen LogP contribution in [-0.2, 0) is 47.4 Å². The Bertz CT molecular complexity index is 1210. The third-order valence-electron chi connectivity index (χ3n) is 10.2. The molecule has 13 unspecified atom stereocenters. The summed E-state index contributed by atoms with van der Waals surface area (Å²) in [6.45, 7) is 27.5. The van der Waals surface area contributed by atoms with Crippen LogP contribution in [0.15, 0.2) is 36.0 Å². The molecule has 12 heteroatoms. The molecule has 2 heterocycles. The van der Waals surface area contributed by atoms with Gasteiger partial charge in [-0.05, 0) is 106 Å². The van der Waals surface area contributed by atoms with Crippen LogP contribution >= 0.6 is 0 Å². The largest absolute Gasteiger partial charge is 0.457 e. The molecule has 1 saturated heterocycles. The average molecular weight is 782 g/mol. The van der Waals surface area contributed by atoms with Gasteiger partial charge in [-0.25, -0.2) is 4.79 Å². The second kappa shape index (κ2) is 25.1. The number of hydrogen-bond donors (Lipinski definition) is 1. The van der Waals surface area contributed by atoms with Crippen LogP contribution in [0.25, 0.3) is 0 Å². The molecule has 0 aromatic heterocycles. The maximum absolute atomic E-state index is 13.6. The number of allylic oxidation sites excluding steroid dienone is 3. The molecule has 0 aromatic rings. The fraction of sp³-hybridized carbons (Fsp3) is 0.814. The number of carbonyl (C=O) groups excluding carboxylic acids is 2. The number of alkyl carbamates (subject to hydrolysis) is 1. The van der Waals surface area contributed by atoms with Crippen molar-refractivity contribution in [1.29, 1.82) is 0 Å². The van der Waals surface area contributed by atoms with E-state index < -0.39 is 42.6 Å². The standard InChI is InChI=1S/C43H75NO11/c1-14-36(51-33(11)48-17-4)31(9)41-37(52-41)26-28(6)20-19-21-29(7)40-30(8)22-23-38(53-42(46)44-15-2)43(13,55-34(12)49-18-5)25-24-35(27-39(45)54-40)50-32(10)47-16-3/h19-23,28,30-38,40-41H,14-18,24-27H2,1-13H3,(H,44,46). The van der Waals surface area contributed by atoms with Gasteiger partial charge in [-0.1, -0.05) is 52.0 Å². The molecule has 0 bridgehead atoms. The molecule has 0 radical (unpaired) electrons. The zero-order chi connectivity index (χ0) is 41.1. The summed E-state index contributed by atoms with van der Waals surface area (Å²) in [6, 6.07) is 0. The number of nitrogens with one attached hydrogen (secondary N) is 1. The third kappa shape index (κ3) is 17.4. The van der Waals surface area contributed by atoms with Crippen LogP contribution in [0.5, 0.6) is 0 Å². The highest BCUT2D eigenvalue weighted by Crippen LogP contribution is 2.38. The third-order valence-corrected chi connectivity index (χ3v) is 10.2. The maximum Gasteiger partial charge on any atom is 0.407 e. The van der Waals surface area contributed by atoms with Crippen molar-refractivity contribution < 1.29 is 52.2 Å². The summed E-state index contributed by atoms with van der Waals surface area (Å²) in [6.07, 6.45) is 9.12. The Labute approximate surface area is 332 Å². The quantitative estimate of drug-likeness (QED) is 0.0373. The Balaban J connectivity index is 2.33. The van der Waals surface area contributed by atoms with Crippen LogP contribution in [0.4, 0.5) is 4.79 Å². The second-order valence-electron chi connectivity index (χ2n) is 15.1. The predicted molar refractivity (Wildman–Crippen MR) is 213 cm³/mol. The van der Waals surface area contributed by atoms with Crippen LogP contribution in [0.3, 0.4) is 0 Å². The van der Waals surface area contributed by atoms with Gasteiger partial charge in [-0.15, -0.1) is 0 Å². The first kappa shape index (κ1) is 48.8. The topological polar surface area (TPSA) is 133 Å². The number of rotatable bonds is 22. The molecule has 0 spiro atoms. The summed E-state index contributed by atoms with van der Waals surface area (Å²) in [5.74, 6) is -0.124. The van der Waals surface area contributed by atoms with Gasteiger partial charge in [0.1, 0.15) is 11.7 Å². The van der Waals surface area contributed by atoms with E-state index in [4.69, 9.17) is 42.6 Å². The Morgan fingerprint density at radius 3 is 2.27 bits per heavy atom. The van der Waals surface area contributed by atoms with Crippen molar-refractivity contribution >= 4 is 12.1 Å². The number of esters is 1. The summed E-state index contributed by atoms with van der Waals surface area (Å²) in [4.78, 5) is 26.5. The molecule has 318 valence electrons. The van der Waals surface area contributed by atoms with Gasteiger partial charge >= 0.3 is 12.1 Å². The highest BCUT2D eigenvalue weighted by Gasteiger charge is 2.46. The number of amides is 1. The highest BCUT2D eigenvalue weighted by molar-refractivity contribution is 5.70. The van der Waals surface area contributed by atoms with Crippen molar-refractivity contribution in [2.45, 2.75) is 183 Å². The van der Waals surface area contributed by atoms with E-state index in [0.29, 0.717) is 39.2 Å². The van der Waals surface area contributed by atoms with Crippen LogP contribution in [-0.4, -0.2) is 99.5 Å². The monoisotopic (exact) mass is 782 g/mol. The van der Waals surface area contributed by atoms with Crippen molar-refractivity contribution in [2.24, 2.45) is 17.8 Å². The zero-order valence-electron chi connectivity index (χ0n) is 36.2. The zero-order valence-corrected chi connectivity index (χ0v) is 36.2. The molecule has 0 saturated carbocycles. The van der Waals surface area contributed by atoms with Crippen LogP contribution < -0.4 is 5.32 Å². The lowest BCUT2D eigenvalue weighted by Gasteiger charge is -2.39. The lowest BCUT2D eigenvalue weighted by molar-refractivity contribution is -0.224. The normalized spacial score (nSPS) is 30.0. The first-order valence-corrected chi connectivity index (χ1v) is 20.8. The Kier molecular flexibility index (Phi) is 22.3. The van der Waals surface area contributed by atoms with Crippen molar-refractivity contribution in [3.63, 3.8) is 0 Å². The highest BCUT2D eigenvalue weighted by atomic mass is 16.7. The lowest BCUT2D eigenvalue weighted by Crippen LogP contribution is -2.48. The Morgan fingerprint density at radius 1 is 0.982 bits per heavy atom. The summed E-state index contributed by atoms with van der Waals surface area (Å²) >= 11 is 0. The van der Waals surface area contributed by atoms with Gasteiger partial charge in [0.15, 0.2) is 25.0 Å². The molecule has 13 atom stereocenters. The molecular weight excluding hydrogens is 706 g/mol. The van der Waals surface area contributed by atoms with Gasteiger partial charge in [-0.3, -0.25) is 4.79 Å². The molecule has 0 aliphatic carbocycles. The minimum Gasteiger partial charge on any atom is -0.457 e. The molecule has 12 nitrogen and oxygen atoms in total. The summed E-state index contributed by atoms with van der Waals surface area (Å²) < 4.78 is 54.2. The number of cyclic esters (lactones) is 1. The van der Waals surface area contributed by atoms with E-state index in [1.807, 2.05) is 93.5 Å². The van der Waals surface area contributed by atoms with Gasteiger partial charge in [-0.2, -0.15) is 0 Å². The van der Waals surface area contributed by atoms with Gasteiger partial charge < -0.3 is 47.9 Å². The lowest BCUT2D eigenvalue weighted by atomic mass is 9.88. The van der Waals surface area contributed by atoms with Crippen molar-refractivity contribution in [3.05, 3.63) is 36.0 Å². The van der Waals surface area contributed by atoms with Crippen molar-refractivity contribution in [2.75, 3.05) is 26.4 Å². The summed E-state index contributed by atoms with van der Waals surface area (Å²) in [5, 5.41) is 2.74. The smallest absolute Gasteiger partial charge is 0.407 e. The summed E-state index contributed by atoms with van der Waals surface area (Å²) in [7, 11) is 0. The predicted octanol–water partition coefficient (Wildman–Crippen LogP) is 8.42. The number of carbonyl (C=O) groups is 2. The van der Waals surface area contributed by atoms with E-state index in [-0.39, 0.29) is 54.7 Å². The van der Waals surface area contributed by atoms with Crippen LogP contribution in [0, 0.1) is 17.8 Å². The fourth-order valence-corrected chi connectivity index (χ4v) is 7.23. The second-order valence-corrected chi connectivity index (χ2v) is 15.1. The van der Waals surface area contributed by atoms with E-state index in [1.165, 1.54) is 0 Å². The Morgan fingerprint density at radius 2 is 1.64 bits per heavy atom. The SMILES string of the molecule is CCNC(=O)OC1C=CC(C)C(C(C)=CC=CC(C)CC2OC2C(C)C(CC)OC(C)OCC)OC(=O)CC(OC(C)OCC)CCC1(C)OC(C)OCC. The molecule has 1 N–H and O–H groups in total. The van der Waals surface area contributed by atoms with E-state index >= 15 is 0 Å². The van der Waals surface area contributed by atoms with E-state index in [0.717, 1.165) is 18.4 Å². The number of epoxide rings is 1. The molecule has 2 aliphatic rings. The first-order chi connectivity index (χ1) is 26.1. The van der Waals surface area contributed by atoms with Gasteiger partial charge in [0.2, 0.25) is 0 Å². The molecule has 2 rings (SSSR count). The molecule has 55 heavy (non-hydrogen) atoms. The van der Waals surface area contributed by atoms with Gasteiger partial charge in [0, 0.05) is 38.2 Å². The first-order valence-electron chi connectivity index (χ1n) is 20.8. The molecule has 0 aromatic carbocycles. The van der Waals surface area contributed by atoms with E-state index in [1.54, 1.807) is 0 Å². The van der Waals surface area contributed by atoms with Crippen molar-refractivity contribution in [3.8, 4) is 0 Å². The summed E-state index contributed by atoms with van der Waals surface area (Å²) in [5.41, 5.74) is -0.153. The molecule has 2 aliphatic heterocycles. The minimum atomic E-state index is -1.02. The molecule has 1 fully saturated rings. The van der Waals surface area contributed by atoms with Gasteiger partial charge in [0.05, 0.1) is 30.8 Å². The van der Waals surface area contributed by atoms with E-state index in [9.17, 15) is 9.59 Å². The Hall–Kier alpha value is -2.32. The molecular formula is C43H75NO11. The average Bonchev–Trinajstić information content (AvgIpc) is 3.88. The number of ether oxygens (including phenoxy) is 9. The van der Waals surface area contributed by atoms with Crippen LogP contribution in [0.2, 0.25) is 0 Å². The maximum atomic E-state index is 13.6. The van der Waals surface area contributed by atoms with Crippen molar-refractivity contribution in [1.82, 2.24) is 5.32 Å². The fourth-order valence-electron chi connectivity index (χ4n) is 7.23. The van der Waals surface area contributed by atoms with Crippen LogP contribution in [0.1, 0.15) is 122 Å². The van der Waals surface area contributed by atoms with Gasteiger partial charge in [0.25, 0.3) is 0 Å².